The Morgan fingerprint density at radius 1 is 1.26 bits per heavy atom. The average molecular weight is 315 g/mol. The third-order valence-corrected chi connectivity index (χ3v) is 4.72. The van der Waals surface area contributed by atoms with Gasteiger partial charge in [0.2, 0.25) is 5.91 Å². The van der Waals surface area contributed by atoms with Crippen LogP contribution < -0.4 is 4.90 Å². The first-order valence-corrected chi connectivity index (χ1v) is 8.22. The Morgan fingerprint density at radius 3 is 3.09 bits per heavy atom. The lowest BCUT2D eigenvalue weighted by atomic mass is 10.1. The van der Waals surface area contributed by atoms with Crippen molar-refractivity contribution in [3.05, 3.63) is 18.6 Å². The van der Waals surface area contributed by atoms with Crippen LogP contribution in [0.25, 0.3) is 11.0 Å². The molecule has 0 spiro atoms. The summed E-state index contributed by atoms with van der Waals surface area (Å²) in [6.45, 7) is 4.55. The summed E-state index contributed by atoms with van der Waals surface area (Å²) in [7, 11) is 0. The summed E-state index contributed by atoms with van der Waals surface area (Å²) in [6.07, 6.45) is 5.29. The molecule has 7 nitrogen and oxygen atoms in total. The third kappa shape index (κ3) is 2.76. The van der Waals surface area contributed by atoms with Gasteiger partial charge in [0, 0.05) is 39.0 Å². The van der Waals surface area contributed by atoms with Crippen LogP contribution in [0.15, 0.2) is 18.6 Å². The second-order valence-corrected chi connectivity index (χ2v) is 6.16. The quantitative estimate of drug-likeness (QED) is 0.896. The van der Waals surface area contributed by atoms with Crippen molar-refractivity contribution in [2.45, 2.75) is 12.8 Å². The molecule has 1 unspecified atom stereocenters. The molecule has 0 saturated carbocycles. The lowest BCUT2D eigenvalue weighted by molar-refractivity contribution is -0.135. The molecular weight excluding hydrogens is 294 g/mol. The first kappa shape index (κ1) is 14.4. The molecule has 1 amide bonds. The Bertz CT molecular complexity index is 695. The predicted molar refractivity (Wildman–Crippen MR) is 86.2 cm³/mol. The van der Waals surface area contributed by atoms with Crippen LogP contribution in [0, 0.1) is 5.92 Å². The fourth-order valence-corrected chi connectivity index (χ4v) is 3.45. The van der Waals surface area contributed by atoms with E-state index in [-0.39, 0.29) is 11.8 Å². The number of nitrogens with one attached hydrogen (secondary N) is 1. The number of nitrogens with zero attached hydrogens (tertiary/aromatic N) is 4. The fourth-order valence-electron chi connectivity index (χ4n) is 3.45. The largest absolute Gasteiger partial charge is 0.381 e. The zero-order valence-corrected chi connectivity index (χ0v) is 13.1. The highest BCUT2D eigenvalue weighted by Crippen LogP contribution is 2.24. The van der Waals surface area contributed by atoms with Gasteiger partial charge >= 0.3 is 0 Å². The Kier molecular flexibility index (Phi) is 3.87. The number of rotatable bonds is 2. The summed E-state index contributed by atoms with van der Waals surface area (Å²) in [6, 6.07) is 2.01. The van der Waals surface area contributed by atoms with Crippen molar-refractivity contribution >= 4 is 22.8 Å². The fraction of sp³-hybridized carbons (Fsp3) is 0.562. The summed E-state index contributed by atoms with van der Waals surface area (Å²) in [5, 5.41) is 1.04. The maximum Gasteiger partial charge on any atom is 0.228 e. The summed E-state index contributed by atoms with van der Waals surface area (Å²) in [5.74, 6) is 1.26. The van der Waals surface area contributed by atoms with E-state index < -0.39 is 0 Å². The molecule has 2 aromatic rings. The average Bonchev–Trinajstić information content (AvgIpc) is 3.21. The van der Waals surface area contributed by atoms with E-state index in [1.54, 1.807) is 6.33 Å². The zero-order valence-electron chi connectivity index (χ0n) is 13.1. The van der Waals surface area contributed by atoms with Gasteiger partial charge in [-0.3, -0.25) is 4.79 Å². The maximum atomic E-state index is 12.6. The third-order valence-electron chi connectivity index (χ3n) is 4.72. The van der Waals surface area contributed by atoms with Gasteiger partial charge in [0.15, 0.2) is 0 Å². The van der Waals surface area contributed by atoms with E-state index in [0.717, 1.165) is 55.9 Å². The van der Waals surface area contributed by atoms with Gasteiger partial charge in [-0.15, -0.1) is 0 Å². The molecule has 1 N–H and O–H groups in total. The minimum Gasteiger partial charge on any atom is -0.381 e. The van der Waals surface area contributed by atoms with Crippen molar-refractivity contribution < 1.29 is 9.53 Å². The van der Waals surface area contributed by atoms with Gasteiger partial charge in [0.05, 0.1) is 17.9 Å². The Hall–Kier alpha value is -2.15. The summed E-state index contributed by atoms with van der Waals surface area (Å²) < 4.78 is 5.35. The minimum absolute atomic E-state index is 0.0528. The van der Waals surface area contributed by atoms with Crippen LogP contribution in [0.2, 0.25) is 0 Å². The topological polar surface area (TPSA) is 74.3 Å². The molecule has 122 valence electrons. The molecular formula is C16H21N5O2. The normalized spacial score (nSPS) is 22.5. The molecule has 2 saturated heterocycles. The van der Waals surface area contributed by atoms with Crippen molar-refractivity contribution in [2.75, 3.05) is 44.3 Å². The van der Waals surface area contributed by atoms with Gasteiger partial charge in [0.1, 0.15) is 17.8 Å². The number of anilines is 1. The van der Waals surface area contributed by atoms with E-state index in [2.05, 4.69) is 19.9 Å². The number of carbonyl (C=O) groups excluding carboxylic acids is 1. The van der Waals surface area contributed by atoms with Gasteiger partial charge < -0.3 is 19.5 Å². The summed E-state index contributed by atoms with van der Waals surface area (Å²) in [4.78, 5) is 28.6. The zero-order chi connectivity index (χ0) is 15.6. The van der Waals surface area contributed by atoms with Crippen molar-refractivity contribution in [1.82, 2.24) is 19.9 Å². The molecule has 7 heteroatoms. The van der Waals surface area contributed by atoms with E-state index in [0.29, 0.717) is 13.2 Å². The number of ether oxygens (including phenoxy) is 1. The summed E-state index contributed by atoms with van der Waals surface area (Å²) >= 11 is 0. The predicted octanol–water partition coefficient (Wildman–Crippen LogP) is 1.03. The van der Waals surface area contributed by atoms with E-state index in [1.165, 1.54) is 0 Å². The second kappa shape index (κ2) is 6.16. The Morgan fingerprint density at radius 2 is 2.22 bits per heavy atom. The molecule has 0 aliphatic carbocycles. The number of amides is 1. The molecule has 4 heterocycles. The van der Waals surface area contributed by atoms with Crippen LogP contribution in [0.4, 0.5) is 5.82 Å². The van der Waals surface area contributed by atoms with Gasteiger partial charge in [-0.25, -0.2) is 9.97 Å². The number of fused-ring (bicyclic) bond motifs is 1. The Labute approximate surface area is 134 Å². The molecule has 0 radical (unpaired) electrons. The first-order chi connectivity index (χ1) is 11.3. The molecule has 2 aliphatic heterocycles. The van der Waals surface area contributed by atoms with E-state index in [9.17, 15) is 4.79 Å². The lowest BCUT2D eigenvalue weighted by Gasteiger charge is -2.24. The van der Waals surface area contributed by atoms with Gasteiger partial charge in [-0.2, -0.15) is 0 Å². The molecule has 23 heavy (non-hydrogen) atoms. The van der Waals surface area contributed by atoms with Crippen LogP contribution in [0.3, 0.4) is 0 Å². The van der Waals surface area contributed by atoms with E-state index >= 15 is 0 Å². The smallest absolute Gasteiger partial charge is 0.228 e. The number of carbonyl (C=O) groups is 1. The van der Waals surface area contributed by atoms with Crippen molar-refractivity contribution in [3.8, 4) is 0 Å². The van der Waals surface area contributed by atoms with Crippen molar-refractivity contribution in [3.63, 3.8) is 0 Å². The van der Waals surface area contributed by atoms with Gasteiger partial charge in [0.25, 0.3) is 0 Å². The highest BCUT2D eigenvalue weighted by Gasteiger charge is 2.29. The maximum absolute atomic E-state index is 12.6. The highest BCUT2D eigenvalue weighted by molar-refractivity contribution is 5.87. The highest BCUT2D eigenvalue weighted by atomic mass is 16.5. The van der Waals surface area contributed by atoms with Gasteiger partial charge in [-0.05, 0) is 18.9 Å². The molecule has 0 bridgehead atoms. The molecule has 4 rings (SSSR count). The lowest BCUT2D eigenvalue weighted by Crippen LogP contribution is -2.39. The van der Waals surface area contributed by atoms with E-state index in [4.69, 9.17) is 4.74 Å². The molecule has 2 aliphatic rings. The summed E-state index contributed by atoms with van der Waals surface area (Å²) in [5.41, 5.74) is 0.857. The molecule has 2 aromatic heterocycles. The molecule has 1 atom stereocenters. The number of hydrogen-bond acceptors (Lipinski definition) is 5. The monoisotopic (exact) mass is 315 g/mol. The van der Waals surface area contributed by atoms with Gasteiger partial charge in [-0.1, -0.05) is 0 Å². The van der Waals surface area contributed by atoms with Crippen LogP contribution >= 0.6 is 0 Å². The minimum atomic E-state index is 0.0528. The molecule has 2 fully saturated rings. The Balaban J connectivity index is 1.49. The van der Waals surface area contributed by atoms with Crippen LogP contribution in [0.1, 0.15) is 12.8 Å². The standard InChI is InChI=1S/C16H21N5O2/c22-16(12-3-9-23-10-12)21-6-1-5-20(7-8-21)15-13-2-4-17-14(13)18-11-19-15/h2,4,11-12H,1,3,5-10H2,(H,17,18,19). The number of H-pyrrole nitrogens is 1. The second-order valence-electron chi connectivity index (χ2n) is 6.16. The van der Waals surface area contributed by atoms with Crippen LogP contribution in [0.5, 0.6) is 0 Å². The van der Waals surface area contributed by atoms with Crippen molar-refractivity contribution in [1.29, 1.82) is 0 Å². The number of hydrogen-bond donors (Lipinski definition) is 1. The van der Waals surface area contributed by atoms with Crippen LogP contribution in [-0.4, -0.2) is 65.2 Å². The molecule has 0 aromatic carbocycles. The van der Waals surface area contributed by atoms with Crippen LogP contribution in [-0.2, 0) is 9.53 Å². The van der Waals surface area contributed by atoms with E-state index in [1.807, 2.05) is 17.2 Å². The number of aromatic nitrogens is 3. The first-order valence-electron chi connectivity index (χ1n) is 8.22. The SMILES string of the molecule is O=C(C1CCOC1)N1CCCN(c2ncnc3[nH]ccc23)CC1. The van der Waals surface area contributed by atoms with Crippen molar-refractivity contribution in [2.24, 2.45) is 5.92 Å². The number of aromatic amines is 1.